The summed E-state index contributed by atoms with van der Waals surface area (Å²) in [7, 11) is 0. The summed E-state index contributed by atoms with van der Waals surface area (Å²) < 4.78 is 5.10. The Morgan fingerprint density at radius 2 is 2.12 bits per heavy atom. The van der Waals surface area contributed by atoms with Crippen molar-refractivity contribution in [1.29, 1.82) is 0 Å². The topological polar surface area (TPSA) is 52.3 Å². The smallest absolute Gasteiger partial charge is 0.340 e. The van der Waals surface area contributed by atoms with E-state index in [1.54, 1.807) is 6.07 Å². The normalized spacial score (nSPS) is 10.6. The SMILES string of the molecule is CCCOC(=O)c1cc(CC(C)C)ccc1N. The van der Waals surface area contributed by atoms with Gasteiger partial charge in [-0.15, -0.1) is 0 Å². The average molecular weight is 235 g/mol. The van der Waals surface area contributed by atoms with E-state index >= 15 is 0 Å². The summed E-state index contributed by atoms with van der Waals surface area (Å²) in [6.07, 6.45) is 1.76. The van der Waals surface area contributed by atoms with Gasteiger partial charge in [0.05, 0.1) is 12.2 Å². The number of carbonyl (C=O) groups excluding carboxylic acids is 1. The molecule has 0 saturated carbocycles. The van der Waals surface area contributed by atoms with Gasteiger partial charge in [0.2, 0.25) is 0 Å². The maximum absolute atomic E-state index is 11.8. The first kappa shape index (κ1) is 13.6. The molecule has 0 saturated heterocycles. The van der Waals surface area contributed by atoms with Gasteiger partial charge in [-0.1, -0.05) is 26.8 Å². The first-order valence-corrected chi connectivity index (χ1v) is 6.10. The number of ether oxygens (including phenoxy) is 1. The van der Waals surface area contributed by atoms with Gasteiger partial charge in [0.25, 0.3) is 0 Å². The molecule has 1 rings (SSSR count). The second-order valence-electron chi connectivity index (χ2n) is 4.66. The zero-order chi connectivity index (χ0) is 12.8. The molecule has 0 aliphatic heterocycles. The highest BCUT2D eigenvalue weighted by Crippen LogP contribution is 2.18. The second-order valence-corrected chi connectivity index (χ2v) is 4.66. The lowest BCUT2D eigenvalue weighted by Crippen LogP contribution is -2.10. The van der Waals surface area contributed by atoms with Crippen molar-refractivity contribution >= 4 is 11.7 Å². The number of hydrogen-bond acceptors (Lipinski definition) is 3. The first-order valence-electron chi connectivity index (χ1n) is 6.10. The Labute approximate surface area is 103 Å². The van der Waals surface area contributed by atoms with Crippen molar-refractivity contribution in [2.45, 2.75) is 33.6 Å². The molecule has 0 aliphatic rings. The number of esters is 1. The maximum Gasteiger partial charge on any atom is 0.340 e. The Morgan fingerprint density at radius 1 is 1.41 bits per heavy atom. The Morgan fingerprint density at radius 3 is 2.71 bits per heavy atom. The number of carbonyl (C=O) groups is 1. The van der Waals surface area contributed by atoms with Crippen molar-refractivity contribution in [1.82, 2.24) is 0 Å². The van der Waals surface area contributed by atoms with Gasteiger partial charge in [-0.3, -0.25) is 0 Å². The van der Waals surface area contributed by atoms with Crippen molar-refractivity contribution in [2.75, 3.05) is 12.3 Å². The number of nitrogen functional groups attached to an aromatic ring is 1. The number of rotatable bonds is 5. The van der Waals surface area contributed by atoms with Crippen LogP contribution in [0.4, 0.5) is 5.69 Å². The molecule has 3 nitrogen and oxygen atoms in total. The Kier molecular flexibility index (Phi) is 5.01. The Bertz CT molecular complexity index is 386. The molecule has 2 N–H and O–H groups in total. The predicted octanol–water partition coefficient (Wildman–Crippen LogP) is 3.03. The van der Waals surface area contributed by atoms with Crippen molar-refractivity contribution < 1.29 is 9.53 Å². The summed E-state index contributed by atoms with van der Waals surface area (Å²) in [4.78, 5) is 11.8. The minimum absolute atomic E-state index is 0.324. The Hall–Kier alpha value is -1.51. The van der Waals surface area contributed by atoms with Crippen LogP contribution in [0.1, 0.15) is 43.1 Å². The molecule has 0 bridgehead atoms. The van der Waals surface area contributed by atoms with Gasteiger partial charge >= 0.3 is 5.97 Å². The molecule has 94 valence electrons. The number of anilines is 1. The van der Waals surface area contributed by atoms with Crippen molar-refractivity contribution in [3.8, 4) is 0 Å². The van der Waals surface area contributed by atoms with E-state index in [-0.39, 0.29) is 5.97 Å². The van der Waals surface area contributed by atoms with Crippen LogP contribution in [0.2, 0.25) is 0 Å². The first-order chi connectivity index (χ1) is 8.04. The van der Waals surface area contributed by atoms with Crippen LogP contribution >= 0.6 is 0 Å². The fraction of sp³-hybridized carbons (Fsp3) is 0.500. The van der Waals surface area contributed by atoms with E-state index < -0.39 is 0 Å². The van der Waals surface area contributed by atoms with Crippen LogP contribution in [0.25, 0.3) is 0 Å². The van der Waals surface area contributed by atoms with E-state index in [1.807, 2.05) is 19.1 Å². The van der Waals surface area contributed by atoms with Crippen LogP contribution in [0.3, 0.4) is 0 Å². The van der Waals surface area contributed by atoms with E-state index in [9.17, 15) is 4.79 Å². The van der Waals surface area contributed by atoms with Crippen LogP contribution in [0.5, 0.6) is 0 Å². The fourth-order valence-corrected chi connectivity index (χ4v) is 1.65. The van der Waals surface area contributed by atoms with Gasteiger partial charge in [0.15, 0.2) is 0 Å². The van der Waals surface area contributed by atoms with Crippen LogP contribution in [-0.2, 0) is 11.2 Å². The summed E-state index contributed by atoms with van der Waals surface area (Å²) in [5, 5.41) is 0. The zero-order valence-electron chi connectivity index (χ0n) is 10.8. The highest BCUT2D eigenvalue weighted by molar-refractivity contribution is 5.95. The third kappa shape index (κ3) is 4.10. The lowest BCUT2D eigenvalue weighted by atomic mass is 10.00. The maximum atomic E-state index is 11.8. The molecule has 3 heteroatoms. The summed E-state index contributed by atoms with van der Waals surface area (Å²) in [5.41, 5.74) is 7.88. The van der Waals surface area contributed by atoms with Crippen LogP contribution < -0.4 is 5.73 Å². The van der Waals surface area contributed by atoms with E-state index in [0.29, 0.717) is 23.8 Å². The molecule has 0 atom stereocenters. The third-order valence-electron chi connectivity index (χ3n) is 2.42. The molecule has 0 radical (unpaired) electrons. The molecular formula is C14H21NO2. The zero-order valence-corrected chi connectivity index (χ0v) is 10.8. The number of nitrogens with two attached hydrogens (primary N) is 1. The molecule has 17 heavy (non-hydrogen) atoms. The van der Waals surface area contributed by atoms with Gasteiger partial charge in [0, 0.05) is 5.69 Å². The lowest BCUT2D eigenvalue weighted by molar-refractivity contribution is 0.0506. The minimum atomic E-state index is -0.324. The quantitative estimate of drug-likeness (QED) is 0.630. The third-order valence-corrected chi connectivity index (χ3v) is 2.42. The lowest BCUT2D eigenvalue weighted by Gasteiger charge is -2.10. The average Bonchev–Trinajstić information content (AvgIpc) is 2.28. The summed E-state index contributed by atoms with van der Waals surface area (Å²) in [5.74, 6) is 0.230. The molecule has 0 aromatic heterocycles. The van der Waals surface area contributed by atoms with Crippen molar-refractivity contribution in [2.24, 2.45) is 5.92 Å². The molecule has 1 aromatic rings. The highest BCUT2D eigenvalue weighted by Gasteiger charge is 2.12. The van der Waals surface area contributed by atoms with Crippen LogP contribution in [0.15, 0.2) is 18.2 Å². The van der Waals surface area contributed by atoms with Crippen molar-refractivity contribution in [3.63, 3.8) is 0 Å². The molecule has 0 spiro atoms. The van der Waals surface area contributed by atoms with Gasteiger partial charge < -0.3 is 10.5 Å². The standard InChI is InChI=1S/C14H21NO2/c1-4-7-17-14(16)12-9-11(8-10(2)3)5-6-13(12)15/h5-6,9-10H,4,7-8,15H2,1-3H3. The predicted molar refractivity (Wildman–Crippen MR) is 70.0 cm³/mol. The monoisotopic (exact) mass is 235 g/mol. The molecule has 0 amide bonds. The fourth-order valence-electron chi connectivity index (χ4n) is 1.65. The number of benzene rings is 1. The summed E-state index contributed by atoms with van der Waals surface area (Å²) in [6, 6.07) is 5.58. The van der Waals surface area contributed by atoms with Crippen LogP contribution in [0, 0.1) is 5.92 Å². The van der Waals surface area contributed by atoms with Crippen LogP contribution in [-0.4, -0.2) is 12.6 Å². The largest absolute Gasteiger partial charge is 0.462 e. The molecule has 0 fully saturated rings. The van der Waals surface area contributed by atoms with E-state index in [2.05, 4.69) is 13.8 Å². The van der Waals surface area contributed by atoms with E-state index in [1.165, 1.54) is 0 Å². The second kappa shape index (κ2) is 6.28. The van der Waals surface area contributed by atoms with Gasteiger partial charge in [-0.05, 0) is 36.5 Å². The summed E-state index contributed by atoms with van der Waals surface area (Å²) in [6.45, 7) is 6.69. The van der Waals surface area contributed by atoms with Gasteiger partial charge in [-0.2, -0.15) is 0 Å². The minimum Gasteiger partial charge on any atom is -0.462 e. The summed E-state index contributed by atoms with van der Waals surface area (Å²) >= 11 is 0. The van der Waals surface area contributed by atoms with Crippen molar-refractivity contribution in [3.05, 3.63) is 29.3 Å². The van der Waals surface area contributed by atoms with E-state index in [0.717, 1.165) is 18.4 Å². The van der Waals surface area contributed by atoms with E-state index in [4.69, 9.17) is 10.5 Å². The Balaban J connectivity index is 2.86. The van der Waals surface area contributed by atoms with Gasteiger partial charge in [-0.25, -0.2) is 4.79 Å². The molecule has 0 unspecified atom stereocenters. The molecular weight excluding hydrogens is 214 g/mol. The number of hydrogen-bond donors (Lipinski definition) is 1. The highest BCUT2D eigenvalue weighted by atomic mass is 16.5. The van der Waals surface area contributed by atoms with Gasteiger partial charge in [0.1, 0.15) is 0 Å². The molecule has 0 aliphatic carbocycles. The molecule has 1 aromatic carbocycles. The molecule has 0 heterocycles.